The molecular formula is C14H11BrN2O2S. The fourth-order valence-electron chi connectivity index (χ4n) is 2.62. The number of ether oxygens (including phenoxy) is 1. The van der Waals surface area contributed by atoms with Gasteiger partial charge in [0.2, 0.25) is 5.88 Å². The summed E-state index contributed by atoms with van der Waals surface area (Å²) in [4.78, 5) is 13.2. The molecule has 2 heterocycles. The summed E-state index contributed by atoms with van der Waals surface area (Å²) in [6.45, 7) is 0. The molecule has 20 heavy (non-hydrogen) atoms. The summed E-state index contributed by atoms with van der Waals surface area (Å²) in [6.07, 6.45) is 1.97. The molecule has 0 bridgehead atoms. The van der Waals surface area contributed by atoms with Gasteiger partial charge in [0, 0.05) is 23.3 Å². The molecule has 1 aromatic rings. The van der Waals surface area contributed by atoms with Crippen LogP contribution >= 0.6 is 27.3 Å². The Kier molecular flexibility index (Phi) is 3.40. The van der Waals surface area contributed by atoms with Crippen LogP contribution in [0.2, 0.25) is 0 Å². The average Bonchev–Trinajstić information content (AvgIpc) is 2.84. The van der Waals surface area contributed by atoms with Gasteiger partial charge in [-0.2, -0.15) is 5.26 Å². The van der Waals surface area contributed by atoms with E-state index >= 15 is 0 Å². The van der Waals surface area contributed by atoms with E-state index in [1.807, 2.05) is 12.1 Å². The van der Waals surface area contributed by atoms with Crippen molar-refractivity contribution in [1.29, 1.82) is 5.26 Å². The molecule has 0 fully saturated rings. The van der Waals surface area contributed by atoms with E-state index in [0.717, 1.165) is 15.1 Å². The Morgan fingerprint density at radius 1 is 1.45 bits per heavy atom. The van der Waals surface area contributed by atoms with Crippen molar-refractivity contribution in [3.05, 3.63) is 43.6 Å². The lowest BCUT2D eigenvalue weighted by molar-refractivity contribution is -0.116. The minimum Gasteiger partial charge on any atom is -0.444 e. The first-order chi connectivity index (χ1) is 9.61. The third-order valence-corrected chi connectivity index (χ3v) is 5.17. The van der Waals surface area contributed by atoms with Crippen molar-refractivity contribution in [2.75, 3.05) is 0 Å². The van der Waals surface area contributed by atoms with Crippen molar-refractivity contribution in [2.45, 2.75) is 25.2 Å². The van der Waals surface area contributed by atoms with E-state index in [9.17, 15) is 10.1 Å². The molecule has 0 aromatic carbocycles. The summed E-state index contributed by atoms with van der Waals surface area (Å²) in [6, 6.07) is 5.93. The van der Waals surface area contributed by atoms with Gasteiger partial charge in [0.15, 0.2) is 5.78 Å². The number of carbonyl (C=O) groups is 1. The van der Waals surface area contributed by atoms with Crippen LogP contribution in [0.15, 0.2) is 38.7 Å². The van der Waals surface area contributed by atoms with Crippen LogP contribution in [0.4, 0.5) is 0 Å². The molecule has 0 amide bonds. The second kappa shape index (κ2) is 5.08. The Morgan fingerprint density at radius 2 is 2.25 bits per heavy atom. The summed E-state index contributed by atoms with van der Waals surface area (Å²) >= 11 is 4.92. The Balaban J connectivity index is 2.18. The molecule has 0 saturated carbocycles. The van der Waals surface area contributed by atoms with Gasteiger partial charge in [0.25, 0.3) is 0 Å². The van der Waals surface area contributed by atoms with Crippen LogP contribution in [-0.2, 0) is 9.53 Å². The topological polar surface area (TPSA) is 76.1 Å². The first-order valence-electron chi connectivity index (χ1n) is 6.21. The van der Waals surface area contributed by atoms with E-state index in [4.69, 9.17) is 10.5 Å². The largest absolute Gasteiger partial charge is 0.444 e. The molecular weight excluding hydrogens is 340 g/mol. The van der Waals surface area contributed by atoms with Gasteiger partial charge in [0.1, 0.15) is 17.4 Å². The fourth-order valence-corrected chi connectivity index (χ4v) is 4.17. The van der Waals surface area contributed by atoms with Crippen LogP contribution in [0, 0.1) is 11.3 Å². The monoisotopic (exact) mass is 350 g/mol. The zero-order valence-electron chi connectivity index (χ0n) is 10.5. The van der Waals surface area contributed by atoms with E-state index in [1.54, 1.807) is 0 Å². The van der Waals surface area contributed by atoms with Crippen LogP contribution in [-0.4, -0.2) is 5.78 Å². The number of carbonyl (C=O) groups excluding carboxylic acids is 1. The van der Waals surface area contributed by atoms with Gasteiger partial charge in [-0.15, -0.1) is 11.3 Å². The maximum Gasteiger partial charge on any atom is 0.205 e. The number of hydrogen-bond acceptors (Lipinski definition) is 5. The lowest BCUT2D eigenvalue weighted by atomic mass is 9.80. The predicted octanol–water partition coefficient (Wildman–Crippen LogP) is 3.33. The maximum absolute atomic E-state index is 12.3. The normalized spacial score (nSPS) is 22.4. The number of rotatable bonds is 1. The molecule has 4 nitrogen and oxygen atoms in total. The van der Waals surface area contributed by atoms with Gasteiger partial charge < -0.3 is 10.5 Å². The van der Waals surface area contributed by atoms with E-state index in [1.165, 1.54) is 11.3 Å². The lowest BCUT2D eigenvalue weighted by Crippen LogP contribution is -2.26. The molecule has 0 radical (unpaired) electrons. The third kappa shape index (κ3) is 2.07. The third-order valence-electron chi connectivity index (χ3n) is 3.48. The first-order valence-corrected chi connectivity index (χ1v) is 7.82. The molecule has 1 atom stereocenters. The fraction of sp³-hybridized carbons (Fsp3) is 0.286. The number of hydrogen-bond donors (Lipinski definition) is 1. The Morgan fingerprint density at radius 3 is 2.90 bits per heavy atom. The van der Waals surface area contributed by atoms with E-state index in [2.05, 4.69) is 22.0 Å². The zero-order chi connectivity index (χ0) is 14.3. The number of allylic oxidation sites excluding steroid dienone is 3. The molecule has 0 unspecified atom stereocenters. The molecule has 1 aromatic heterocycles. The summed E-state index contributed by atoms with van der Waals surface area (Å²) in [5.41, 5.74) is 6.79. The Hall–Kier alpha value is -1.58. The first kappa shape index (κ1) is 13.4. The van der Waals surface area contributed by atoms with Gasteiger partial charge in [-0.05, 0) is 34.5 Å². The van der Waals surface area contributed by atoms with Crippen molar-refractivity contribution in [3.63, 3.8) is 0 Å². The predicted molar refractivity (Wildman–Crippen MR) is 78.6 cm³/mol. The highest BCUT2D eigenvalue weighted by Crippen LogP contribution is 2.45. The van der Waals surface area contributed by atoms with Crippen LogP contribution in [0.25, 0.3) is 0 Å². The molecule has 6 heteroatoms. The van der Waals surface area contributed by atoms with Gasteiger partial charge in [0.05, 0.1) is 9.70 Å². The van der Waals surface area contributed by atoms with Gasteiger partial charge in [-0.3, -0.25) is 4.79 Å². The van der Waals surface area contributed by atoms with Gasteiger partial charge in [-0.1, -0.05) is 0 Å². The molecule has 0 saturated heterocycles. The van der Waals surface area contributed by atoms with E-state index < -0.39 is 0 Å². The van der Waals surface area contributed by atoms with Crippen LogP contribution in [0.5, 0.6) is 0 Å². The van der Waals surface area contributed by atoms with Crippen LogP contribution < -0.4 is 5.73 Å². The van der Waals surface area contributed by atoms with Crippen molar-refractivity contribution in [1.82, 2.24) is 0 Å². The zero-order valence-corrected chi connectivity index (χ0v) is 12.9. The Bertz CT molecular complexity index is 696. The number of nitrogens with two attached hydrogens (primary N) is 1. The SMILES string of the molecule is N#CC1=C(N)OC2=C(C(=O)CCC2)[C@H]1c1ccc(Br)s1. The smallest absolute Gasteiger partial charge is 0.205 e. The quantitative estimate of drug-likeness (QED) is 0.842. The minimum absolute atomic E-state index is 0.0565. The number of thiophene rings is 1. The van der Waals surface area contributed by atoms with Crippen LogP contribution in [0.1, 0.15) is 30.1 Å². The summed E-state index contributed by atoms with van der Waals surface area (Å²) < 4.78 is 6.47. The van der Waals surface area contributed by atoms with Crippen molar-refractivity contribution in [3.8, 4) is 6.07 Å². The molecule has 1 aliphatic heterocycles. The number of ketones is 1. The van der Waals surface area contributed by atoms with Crippen molar-refractivity contribution >= 4 is 33.0 Å². The summed E-state index contributed by atoms with van der Waals surface area (Å²) in [7, 11) is 0. The van der Waals surface area contributed by atoms with Gasteiger partial charge in [-0.25, -0.2) is 0 Å². The number of halogens is 1. The molecule has 2 N–H and O–H groups in total. The highest BCUT2D eigenvalue weighted by Gasteiger charge is 2.38. The minimum atomic E-state index is -0.382. The molecule has 1 aliphatic carbocycles. The Labute approximate surface area is 128 Å². The molecule has 0 spiro atoms. The second-order valence-electron chi connectivity index (χ2n) is 4.68. The molecule has 3 rings (SSSR count). The van der Waals surface area contributed by atoms with Gasteiger partial charge >= 0.3 is 0 Å². The maximum atomic E-state index is 12.3. The number of nitriles is 1. The highest BCUT2D eigenvalue weighted by molar-refractivity contribution is 9.11. The second-order valence-corrected chi connectivity index (χ2v) is 7.17. The molecule has 2 aliphatic rings. The van der Waals surface area contributed by atoms with E-state index in [0.29, 0.717) is 29.7 Å². The summed E-state index contributed by atoms with van der Waals surface area (Å²) in [5, 5.41) is 9.37. The van der Waals surface area contributed by atoms with E-state index in [-0.39, 0.29) is 17.6 Å². The average molecular weight is 351 g/mol. The lowest BCUT2D eigenvalue weighted by Gasteiger charge is -2.30. The highest BCUT2D eigenvalue weighted by atomic mass is 79.9. The standard InChI is InChI=1S/C14H11BrN2O2S/c15-11-5-4-10(20-11)12-7(6-16)14(17)19-9-3-1-2-8(18)13(9)12/h4-5,12H,1-3,17H2/t12-/m1/s1. The number of nitrogens with zero attached hydrogens (tertiary/aromatic N) is 1. The van der Waals surface area contributed by atoms with Crippen molar-refractivity contribution < 1.29 is 9.53 Å². The summed E-state index contributed by atoms with van der Waals surface area (Å²) in [5.74, 6) is 0.427. The number of Topliss-reactive ketones (excluding diaryl/α,β-unsaturated/α-hetero) is 1. The molecule has 102 valence electrons. The van der Waals surface area contributed by atoms with Crippen molar-refractivity contribution in [2.24, 2.45) is 5.73 Å². The van der Waals surface area contributed by atoms with Crippen LogP contribution in [0.3, 0.4) is 0 Å².